The first kappa shape index (κ1) is 16.4. The fourth-order valence-electron chi connectivity index (χ4n) is 0. The molecular formula is C10H24. The number of hydrogen-bond donors (Lipinski definition) is 0. The maximum atomic E-state index is 3.56. The summed E-state index contributed by atoms with van der Waals surface area (Å²) in [5.41, 5.74) is 1.17. The van der Waals surface area contributed by atoms with Crippen LogP contribution in [0.15, 0.2) is 12.2 Å². The van der Waals surface area contributed by atoms with Crippen molar-refractivity contribution in [1.29, 1.82) is 0 Å². The van der Waals surface area contributed by atoms with E-state index in [0.717, 1.165) is 5.92 Å². The first-order chi connectivity index (χ1) is 4.00. The van der Waals surface area contributed by atoms with E-state index >= 15 is 0 Å². The van der Waals surface area contributed by atoms with Crippen LogP contribution in [-0.2, 0) is 0 Å². The topological polar surface area (TPSA) is 0 Å². The lowest BCUT2D eigenvalue weighted by Gasteiger charge is -1.90. The fraction of sp³-hybridized carbons (Fsp3) is 0.800. The maximum Gasteiger partial charge on any atom is -0.0445 e. The predicted molar refractivity (Wildman–Crippen MR) is 52.3 cm³/mol. The van der Waals surface area contributed by atoms with Crippen molar-refractivity contribution in [3.8, 4) is 0 Å². The van der Waals surface area contributed by atoms with Gasteiger partial charge in [0, 0.05) is 0 Å². The maximum absolute atomic E-state index is 3.56. The molecule has 0 spiro atoms. The molecule has 0 heteroatoms. The van der Waals surface area contributed by atoms with Crippen molar-refractivity contribution in [2.45, 2.75) is 48.5 Å². The largest absolute Gasteiger partial charge is 0.100 e. The van der Waals surface area contributed by atoms with E-state index in [0.29, 0.717) is 0 Å². The van der Waals surface area contributed by atoms with Crippen molar-refractivity contribution in [1.82, 2.24) is 0 Å². The smallest absolute Gasteiger partial charge is 0.0445 e. The molecule has 0 aromatic carbocycles. The van der Waals surface area contributed by atoms with Crippen LogP contribution in [0.3, 0.4) is 0 Å². The van der Waals surface area contributed by atoms with Crippen molar-refractivity contribution >= 4 is 0 Å². The second kappa shape index (κ2) is 11.5. The first-order valence-electron chi connectivity index (χ1n) is 3.62. The lowest BCUT2D eigenvalue weighted by molar-refractivity contribution is 0.626. The minimum absolute atomic E-state index is 0. The highest BCUT2D eigenvalue weighted by molar-refractivity contribution is 4.78. The fourth-order valence-corrected chi connectivity index (χ4v) is 0. The van der Waals surface area contributed by atoms with E-state index in [2.05, 4.69) is 27.4 Å². The molecule has 0 saturated carbocycles. The van der Waals surface area contributed by atoms with E-state index < -0.39 is 0 Å². The lowest BCUT2D eigenvalue weighted by atomic mass is 10.2. The highest BCUT2D eigenvalue weighted by atomic mass is 13.9. The third-order valence-electron chi connectivity index (χ3n) is 0.816. The monoisotopic (exact) mass is 144 g/mol. The third-order valence-corrected chi connectivity index (χ3v) is 0.816. The molecule has 0 bridgehead atoms. The minimum Gasteiger partial charge on any atom is -0.100 e. The summed E-state index contributed by atoms with van der Waals surface area (Å²) >= 11 is 0. The Balaban J connectivity index is -0.0000000910. The van der Waals surface area contributed by atoms with Gasteiger partial charge < -0.3 is 0 Å². The van der Waals surface area contributed by atoms with Crippen LogP contribution in [0.5, 0.6) is 0 Å². The highest BCUT2D eigenvalue weighted by Gasteiger charge is 1.80. The predicted octanol–water partition coefficient (Wildman–Crippen LogP) is 4.27. The molecule has 0 aromatic rings. The van der Waals surface area contributed by atoms with Gasteiger partial charge in [0.05, 0.1) is 0 Å². The van der Waals surface area contributed by atoms with E-state index in [1.165, 1.54) is 12.0 Å². The van der Waals surface area contributed by atoms with Gasteiger partial charge in [0.2, 0.25) is 0 Å². The molecule has 10 heavy (non-hydrogen) atoms. The van der Waals surface area contributed by atoms with Gasteiger partial charge in [-0.25, -0.2) is 0 Å². The SMILES string of the molecule is C.C=C(C)C.CCC(C)C. The number of allylic oxidation sites excluding steroid dienone is 1. The first-order valence-corrected chi connectivity index (χ1v) is 3.62. The Bertz CT molecular complexity index is 56.4. The molecular weight excluding hydrogens is 120 g/mol. The molecule has 0 radical (unpaired) electrons. The van der Waals surface area contributed by atoms with Gasteiger partial charge >= 0.3 is 0 Å². The zero-order chi connectivity index (χ0) is 7.86. The molecule has 0 amide bonds. The molecule has 0 aliphatic heterocycles. The van der Waals surface area contributed by atoms with Gasteiger partial charge in [-0.2, -0.15) is 0 Å². The van der Waals surface area contributed by atoms with Gasteiger partial charge in [0.15, 0.2) is 0 Å². The van der Waals surface area contributed by atoms with Gasteiger partial charge in [-0.1, -0.05) is 40.2 Å². The molecule has 0 atom stereocenters. The molecule has 0 fully saturated rings. The molecule has 0 rings (SSSR count). The van der Waals surface area contributed by atoms with Crippen LogP contribution in [0, 0.1) is 5.92 Å². The Morgan fingerprint density at radius 2 is 1.40 bits per heavy atom. The van der Waals surface area contributed by atoms with Crippen LogP contribution in [-0.4, -0.2) is 0 Å². The van der Waals surface area contributed by atoms with Crippen LogP contribution in [0.4, 0.5) is 0 Å². The molecule has 0 aliphatic carbocycles. The summed E-state index contributed by atoms with van der Waals surface area (Å²) in [6.45, 7) is 14.1. The second-order valence-corrected chi connectivity index (χ2v) is 3.01. The summed E-state index contributed by atoms with van der Waals surface area (Å²) < 4.78 is 0. The van der Waals surface area contributed by atoms with E-state index in [-0.39, 0.29) is 7.43 Å². The van der Waals surface area contributed by atoms with Crippen molar-refractivity contribution in [3.05, 3.63) is 12.2 Å². The van der Waals surface area contributed by atoms with Crippen LogP contribution in [0.2, 0.25) is 0 Å². The number of hydrogen-bond acceptors (Lipinski definition) is 0. The Kier molecular flexibility index (Phi) is 18.9. The van der Waals surface area contributed by atoms with Gasteiger partial charge in [0.25, 0.3) is 0 Å². The Hall–Kier alpha value is -0.260. The van der Waals surface area contributed by atoms with E-state index in [1.807, 2.05) is 13.8 Å². The molecule has 0 aliphatic rings. The van der Waals surface area contributed by atoms with Gasteiger partial charge in [0.1, 0.15) is 0 Å². The summed E-state index contributed by atoms with van der Waals surface area (Å²) in [6, 6.07) is 0. The number of rotatable bonds is 1. The zero-order valence-corrected chi connectivity index (χ0v) is 7.49. The van der Waals surface area contributed by atoms with Crippen LogP contribution in [0.1, 0.15) is 48.5 Å². The standard InChI is InChI=1S/C5H12.C4H8.CH4/c1-4-5(2)3;1-4(2)3;/h5H,4H2,1-3H3;1H2,2-3H3;1H4. The summed E-state index contributed by atoms with van der Waals surface area (Å²) in [4.78, 5) is 0. The van der Waals surface area contributed by atoms with Gasteiger partial charge in [-0.05, 0) is 19.8 Å². The van der Waals surface area contributed by atoms with E-state index in [9.17, 15) is 0 Å². The van der Waals surface area contributed by atoms with Crippen LogP contribution in [0.25, 0.3) is 0 Å². The van der Waals surface area contributed by atoms with Crippen LogP contribution >= 0.6 is 0 Å². The van der Waals surface area contributed by atoms with E-state index in [1.54, 1.807) is 0 Å². The van der Waals surface area contributed by atoms with Crippen molar-refractivity contribution in [3.63, 3.8) is 0 Å². The second-order valence-electron chi connectivity index (χ2n) is 3.01. The summed E-state index contributed by atoms with van der Waals surface area (Å²) in [6.07, 6.45) is 1.31. The van der Waals surface area contributed by atoms with Gasteiger partial charge in [-0.3, -0.25) is 0 Å². The molecule has 0 nitrogen and oxygen atoms in total. The minimum atomic E-state index is 0. The molecule has 64 valence electrons. The lowest BCUT2D eigenvalue weighted by Crippen LogP contribution is -1.77. The average molecular weight is 144 g/mol. The quantitative estimate of drug-likeness (QED) is 0.482. The molecule has 0 unspecified atom stereocenters. The van der Waals surface area contributed by atoms with Crippen molar-refractivity contribution < 1.29 is 0 Å². The van der Waals surface area contributed by atoms with Gasteiger partial charge in [-0.15, -0.1) is 6.58 Å². The molecule has 0 N–H and O–H groups in total. The summed E-state index contributed by atoms with van der Waals surface area (Å²) in [5.74, 6) is 0.884. The summed E-state index contributed by atoms with van der Waals surface area (Å²) in [7, 11) is 0. The Morgan fingerprint density at radius 1 is 1.30 bits per heavy atom. The molecule has 0 aromatic heterocycles. The van der Waals surface area contributed by atoms with Crippen molar-refractivity contribution in [2.24, 2.45) is 5.92 Å². The Labute approximate surface area is 67.3 Å². The molecule has 0 heterocycles. The van der Waals surface area contributed by atoms with Crippen LogP contribution < -0.4 is 0 Å². The van der Waals surface area contributed by atoms with E-state index in [4.69, 9.17) is 0 Å². The highest BCUT2D eigenvalue weighted by Crippen LogP contribution is 1.93. The Morgan fingerprint density at radius 3 is 1.40 bits per heavy atom. The van der Waals surface area contributed by atoms with Crippen molar-refractivity contribution in [2.75, 3.05) is 0 Å². The molecule has 0 saturated heterocycles. The third kappa shape index (κ3) is 116. The normalized spacial score (nSPS) is 7.40. The average Bonchev–Trinajstić information content (AvgIpc) is 1.65. The zero-order valence-electron chi connectivity index (χ0n) is 7.49. The summed E-state index contributed by atoms with van der Waals surface area (Å²) in [5, 5.41) is 0.